The molecule has 2 aliphatic rings. The highest BCUT2D eigenvalue weighted by molar-refractivity contribution is 6.41. The normalized spacial score (nSPS) is 16.5. The van der Waals surface area contributed by atoms with E-state index in [0.29, 0.717) is 51.8 Å². The Morgan fingerprint density at radius 1 is 0.938 bits per heavy atom. The van der Waals surface area contributed by atoms with Crippen molar-refractivity contribution in [2.75, 3.05) is 98.6 Å². The summed E-state index contributed by atoms with van der Waals surface area (Å²) in [5.41, 5.74) is 3.63. The number of fused-ring (bicyclic) bond motifs is 3. The molecule has 0 radical (unpaired) electrons. The van der Waals surface area contributed by atoms with Crippen LogP contribution in [0.1, 0.15) is 12.1 Å². The molecule has 2 saturated heterocycles. The number of hydrogen-bond donors (Lipinski definition) is 1. The molecule has 4 aromatic rings. The van der Waals surface area contributed by atoms with E-state index in [-0.39, 0.29) is 5.91 Å². The highest BCUT2D eigenvalue weighted by Crippen LogP contribution is 2.47. The number of imidazole rings is 1. The summed E-state index contributed by atoms with van der Waals surface area (Å²) in [6.45, 7) is 13.6. The van der Waals surface area contributed by atoms with E-state index in [1.54, 1.807) is 20.3 Å². The quantitative estimate of drug-likeness (QED) is 0.217. The molecule has 0 unspecified atom stereocenters. The van der Waals surface area contributed by atoms with Crippen molar-refractivity contribution in [1.29, 1.82) is 0 Å². The molecule has 0 bridgehead atoms. The number of amides is 1. The molecule has 0 aliphatic carbocycles. The maximum Gasteiger partial charge on any atom is 0.246 e. The van der Waals surface area contributed by atoms with Crippen LogP contribution in [0.2, 0.25) is 10.0 Å². The zero-order chi connectivity index (χ0) is 33.8. The average Bonchev–Trinajstić information content (AvgIpc) is 3.54. The molecule has 0 spiro atoms. The molecular formula is C34H43Cl2N9O3. The second-order valence-electron chi connectivity index (χ2n) is 12.3. The van der Waals surface area contributed by atoms with Crippen LogP contribution in [0.15, 0.2) is 37.2 Å². The van der Waals surface area contributed by atoms with Gasteiger partial charge in [-0.2, -0.15) is 4.98 Å². The molecule has 2 fully saturated rings. The lowest BCUT2D eigenvalue weighted by atomic mass is 10.0. The predicted octanol–water partition coefficient (Wildman–Crippen LogP) is 4.19. The molecule has 2 aliphatic heterocycles. The van der Waals surface area contributed by atoms with Crippen molar-refractivity contribution < 1.29 is 14.3 Å². The van der Waals surface area contributed by atoms with E-state index in [4.69, 9.17) is 42.6 Å². The fourth-order valence-electron chi connectivity index (χ4n) is 6.39. The van der Waals surface area contributed by atoms with E-state index in [1.807, 2.05) is 27.8 Å². The number of benzene rings is 1. The summed E-state index contributed by atoms with van der Waals surface area (Å²) < 4.78 is 13.2. The first kappa shape index (κ1) is 34.2. The minimum Gasteiger partial charge on any atom is -0.495 e. The molecule has 1 amide bonds. The Morgan fingerprint density at radius 2 is 1.60 bits per heavy atom. The molecule has 0 saturated carbocycles. The molecule has 14 heteroatoms. The van der Waals surface area contributed by atoms with Crippen LogP contribution < -0.4 is 14.8 Å². The lowest BCUT2D eigenvalue weighted by molar-refractivity contribution is -0.127. The number of anilines is 1. The van der Waals surface area contributed by atoms with Gasteiger partial charge in [0.1, 0.15) is 17.1 Å². The lowest BCUT2D eigenvalue weighted by Crippen LogP contribution is -2.48. The van der Waals surface area contributed by atoms with Crippen LogP contribution in [-0.4, -0.2) is 138 Å². The van der Waals surface area contributed by atoms with Gasteiger partial charge >= 0.3 is 0 Å². The lowest BCUT2D eigenvalue weighted by Gasteiger charge is -2.34. The van der Waals surface area contributed by atoms with E-state index in [2.05, 4.69) is 38.6 Å². The minimum absolute atomic E-state index is 0.00607. The van der Waals surface area contributed by atoms with Crippen LogP contribution in [-0.2, 0) is 11.2 Å². The summed E-state index contributed by atoms with van der Waals surface area (Å²) in [6.07, 6.45) is 6.92. The average molecular weight is 697 g/mol. The Balaban J connectivity index is 1.29. The van der Waals surface area contributed by atoms with Gasteiger partial charge in [0.25, 0.3) is 0 Å². The summed E-state index contributed by atoms with van der Waals surface area (Å²) in [6, 6.07) is 3.66. The van der Waals surface area contributed by atoms with Crippen molar-refractivity contribution in [3.05, 3.63) is 52.9 Å². The van der Waals surface area contributed by atoms with Crippen molar-refractivity contribution in [3.8, 4) is 22.6 Å². The summed E-state index contributed by atoms with van der Waals surface area (Å²) >= 11 is 13.8. The van der Waals surface area contributed by atoms with Crippen molar-refractivity contribution in [3.63, 3.8) is 0 Å². The largest absolute Gasteiger partial charge is 0.495 e. The number of methoxy groups -OCH3 is 2. The number of pyridine rings is 1. The SMILES string of the molecule is C=CC(=O)N1CCN(CCCc2cn3c(n2)c(-c2c(Cl)c(OC)cc(OC)c2Cl)cc2cnc(NCCN4CCN(C)CC4)nc23)CC1. The van der Waals surface area contributed by atoms with Crippen LogP contribution in [0.3, 0.4) is 0 Å². The Morgan fingerprint density at radius 3 is 2.27 bits per heavy atom. The maximum atomic E-state index is 12.0. The van der Waals surface area contributed by atoms with Gasteiger partial charge in [-0.05, 0) is 38.6 Å². The molecule has 1 N–H and O–H groups in total. The van der Waals surface area contributed by atoms with Crippen LogP contribution in [0.5, 0.6) is 11.5 Å². The van der Waals surface area contributed by atoms with Gasteiger partial charge in [-0.3, -0.25) is 19.0 Å². The number of rotatable bonds is 12. The second kappa shape index (κ2) is 15.3. The highest BCUT2D eigenvalue weighted by Gasteiger charge is 2.24. The summed E-state index contributed by atoms with van der Waals surface area (Å²) in [4.78, 5) is 35.7. The first-order chi connectivity index (χ1) is 23.3. The predicted molar refractivity (Wildman–Crippen MR) is 191 cm³/mol. The third kappa shape index (κ3) is 7.32. The smallest absolute Gasteiger partial charge is 0.246 e. The number of ether oxygens (including phenoxy) is 2. The number of piperazine rings is 2. The second-order valence-corrected chi connectivity index (χ2v) is 13.0. The van der Waals surface area contributed by atoms with E-state index >= 15 is 0 Å². The molecule has 6 rings (SSSR count). The number of likely N-dealkylation sites (N-methyl/N-ethyl adjacent to an activating group) is 1. The maximum absolute atomic E-state index is 12.0. The fourth-order valence-corrected chi connectivity index (χ4v) is 7.10. The molecule has 12 nitrogen and oxygen atoms in total. The number of aromatic nitrogens is 4. The Bertz CT molecular complexity index is 1760. The van der Waals surface area contributed by atoms with Gasteiger partial charge in [0.2, 0.25) is 11.9 Å². The number of halogens is 2. The summed E-state index contributed by atoms with van der Waals surface area (Å²) in [5.74, 6) is 1.45. The van der Waals surface area contributed by atoms with Crippen LogP contribution in [0.25, 0.3) is 27.8 Å². The highest BCUT2D eigenvalue weighted by atomic mass is 35.5. The Hall–Kier alpha value is -3.68. The molecule has 256 valence electrons. The van der Waals surface area contributed by atoms with Crippen LogP contribution in [0.4, 0.5) is 5.95 Å². The molecule has 5 heterocycles. The first-order valence-corrected chi connectivity index (χ1v) is 17.1. The van der Waals surface area contributed by atoms with E-state index in [1.165, 1.54) is 6.08 Å². The van der Waals surface area contributed by atoms with E-state index < -0.39 is 0 Å². The van der Waals surface area contributed by atoms with Gasteiger partial charge in [0, 0.05) is 100 Å². The molecule has 48 heavy (non-hydrogen) atoms. The molecular weight excluding hydrogens is 653 g/mol. The van der Waals surface area contributed by atoms with Crippen molar-refractivity contribution in [2.24, 2.45) is 0 Å². The summed E-state index contributed by atoms with van der Waals surface area (Å²) in [7, 11) is 5.28. The fraction of sp³-hybridized carbons (Fsp3) is 0.471. The van der Waals surface area contributed by atoms with E-state index in [9.17, 15) is 4.79 Å². The molecule has 3 aromatic heterocycles. The third-order valence-electron chi connectivity index (χ3n) is 9.24. The number of carbonyl (C=O) groups excluding carboxylic acids is 1. The van der Waals surface area contributed by atoms with Crippen molar-refractivity contribution >= 4 is 51.7 Å². The van der Waals surface area contributed by atoms with E-state index in [0.717, 1.165) is 94.0 Å². The monoisotopic (exact) mass is 695 g/mol. The van der Waals surface area contributed by atoms with Gasteiger partial charge in [-0.15, -0.1) is 0 Å². The van der Waals surface area contributed by atoms with Crippen molar-refractivity contribution in [2.45, 2.75) is 12.8 Å². The van der Waals surface area contributed by atoms with Gasteiger partial charge in [-0.1, -0.05) is 29.8 Å². The summed E-state index contributed by atoms with van der Waals surface area (Å²) in [5, 5.41) is 4.97. The Kier molecular flexibility index (Phi) is 10.9. The minimum atomic E-state index is -0.00607. The molecule has 0 atom stereocenters. The molecule has 1 aromatic carbocycles. The van der Waals surface area contributed by atoms with Crippen LogP contribution >= 0.6 is 23.2 Å². The number of hydrogen-bond acceptors (Lipinski definition) is 10. The number of nitrogens with zero attached hydrogens (tertiary/aromatic N) is 8. The van der Waals surface area contributed by atoms with Gasteiger partial charge in [0.15, 0.2) is 5.65 Å². The topological polar surface area (TPSA) is 104 Å². The zero-order valence-corrected chi connectivity index (χ0v) is 29.4. The standard InChI is InChI=1S/C34H43Cl2N9O3/c1-5-28(46)44-17-15-42(16-18-44)9-6-7-24-22-45-32-23(21-38-34(40-32)37-8-10-43-13-11-41(2)12-14-43)19-25(33(45)39-24)29-30(35)26(47-3)20-27(48-4)31(29)36/h5,19-22H,1,6-18H2,2-4H3,(H,37,38,40). The first-order valence-electron chi connectivity index (χ1n) is 16.4. The van der Waals surface area contributed by atoms with Gasteiger partial charge in [0.05, 0.1) is 30.0 Å². The van der Waals surface area contributed by atoms with Gasteiger partial charge in [-0.25, -0.2) is 9.97 Å². The number of nitrogens with one attached hydrogen (secondary N) is 1. The van der Waals surface area contributed by atoms with Crippen molar-refractivity contribution in [1.82, 2.24) is 39.0 Å². The van der Waals surface area contributed by atoms with Crippen LogP contribution in [0, 0.1) is 0 Å². The third-order valence-corrected chi connectivity index (χ3v) is 9.99. The zero-order valence-electron chi connectivity index (χ0n) is 27.8. The van der Waals surface area contributed by atoms with Gasteiger partial charge < -0.3 is 24.6 Å². The Labute approximate surface area is 291 Å². The number of aryl methyl sites for hydroxylation is 1. The number of carbonyl (C=O) groups is 1.